The molecular weight excluding hydrogens is 502 g/mol. The van der Waals surface area contributed by atoms with E-state index in [1.54, 1.807) is 9.91 Å². The maximum atomic E-state index is 13.8. The number of nitrogens with zero attached hydrogens (tertiary/aromatic N) is 4. The quantitative estimate of drug-likeness (QED) is 0.513. The molecule has 9 heteroatoms. The van der Waals surface area contributed by atoms with Crippen LogP contribution in [0.4, 0.5) is 4.79 Å². The zero-order valence-corrected chi connectivity index (χ0v) is 23.3. The van der Waals surface area contributed by atoms with Crippen molar-refractivity contribution in [3.63, 3.8) is 0 Å². The second-order valence-electron chi connectivity index (χ2n) is 9.96. The summed E-state index contributed by atoms with van der Waals surface area (Å²) >= 11 is 6.15. The molecule has 2 aliphatic rings. The smallest absolute Gasteiger partial charge is 0.317 e. The lowest BCUT2D eigenvalue weighted by molar-refractivity contribution is -0.133. The molecule has 2 aliphatic heterocycles. The van der Waals surface area contributed by atoms with Gasteiger partial charge >= 0.3 is 6.03 Å². The first-order valence-electron chi connectivity index (χ1n) is 13.4. The van der Waals surface area contributed by atoms with Crippen LogP contribution in [0.3, 0.4) is 0 Å². The zero-order valence-electron chi connectivity index (χ0n) is 22.6. The maximum Gasteiger partial charge on any atom is 0.317 e. The molecule has 8 nitrogen and oxygen atoms in total. The molecule has 1 N–H and O–H groups in total. The van der Waals surface area contributed by atoms with Gasteiger partial charge in [0.05, 0.1) is 25.0 Å². The third-order valence-corrected chi connectivity index (χ3v) is 7.44. The Morgan fingerprint density at radius 1 is 1.11 bits per heavy atom. The Hall–Kier alpha value is -2.94. The molecule has 0 radical (unpaired) electrons. The largest absolute Gasteiger partial charge is 0.379 e. The predicted molar refractivity (Wildman–Crippen MR) is 151 cm³/mol. The Morgan fingerprint density at radius 3 is 2.53 bits per heavy atom. The van der Waals surface area contributed by atoms with E-state index in [1.807, 2.05) is 31.2 Å². The molecule has 2 aromatic rings. The summed E-state index contributed by atoms with van der Waals surface area (Å²) in [5.74, 6) is -0.211. The molecule has 1 atom stereocenters. The summed E-state index contributed by atoms with van der Waals surface area (Å²) in [6, 6.07) is 13.3. The third kappa shape index (κ3) is 7.12. The first-order valence-corrected chi connectivity index (χ1v) is 13.8. The average molecular weight is 540 g/mol. The highest BCUT2D eigenvalue weighted by atomic mass is 35.5. The van der Waals surface area contributed by atoms with Gasteiger partial charge in [0.2, 0.25) is 0 Å². The lowest BCUT2D eigenvalue weighted by Gasteiger charge is -2.31. The summed E-state index contributed by atoms with van der Waals surface area (Å²) in [6.45, 7) is 10.9. The van der Waals surface area contributed by atoms with Crippen LogP contribution in [0, 0.1) is 13.8 Å². The minimum absolute atomic E-state index is 0.0479. The highest BCUT2D eigenvalue weighted by Crippen LogP contribution is 2.34. The number of urea groups is 1. The van der Waals surface area contributed by atoms with Crippen LogP contribution in [0.15, 0.2) is 47.6 Å². The molecule has 0 bridgehead atoms. The van der Waals surface area contributed by atoms with E-state index < -0.39 is 0 Å². The summed E-state index contributed by atoms with van der Waals surface area (Å²) in [5, 5.41) is 9.95. The molecule has 1 fully saturated rings. The van der Waals surface area contributed by atoms with E-state index in [0.717, 1.165) is 36.3 Å². The van der Waals surface area contributed by atoms with Crippen LogP contribution in [0.1, 0.15) is 48.1 Å². The van der Waals surface area contributed by atoms with Crippen molar-refractivity contribution in [2.75, 3.05) is 52.5 Å². The number of rotatable bonds is 9. The monoisotopic (exact) mass is 539 g/mol. The van der Waals surface area contributed by atoms with Gasteiger partial charge in [-0.05, 0) is 60.7 Å². The standard InChI is InChI=1S/C29H38ClN5O3/c1-4-11-31-29(37)34(13-12-33-14-16-38-17-15-33)20-28(36)35-27(23-7-9-25(30)10-8-23)19-26(32-35)24-6-5-21(2)22(3)18-24/h5-10,18,27H,4,11-17,19-20H2,1-3H3,(H,31,37)/t27-/m1/s1. The number of amides is 3. The van der Waals surface area contributed by atoms with Crippen LogP contribution in [0.25, 0.3) is 0 Å². The Morgan fingerprint density at radius 2 is 1.84 bits per heavy atom. The van der Waals surface area contributed by atoms with Gasteiger partial charge in [0.15, 0.2) is 0 Å². The summed E-state index contributed by atoms with van der Waals surface area (Å²) in [6.07, 6.45) is 1.41. The molecule has 4 rings (SSSR count). The first kappa shape index (κ1) is 28.1. The van der Waals surface area contributed by atoms with Crippen molar-refractivity contribution >= 4 is 29.3 Å². The minimum Gasteiger partial charge on any atom is -0.379 e. The number of carbonyl (C=O) groups is 2. The molecule has 0 spiro atoms. The first-order chi connectivity index (χ1) is 18.4. The fourth-order valence-electron chi connectivity index (χ4n) is 4.70. The molecule has 1 saturated heterocycles. The van der Waals surface area contributed by atoms with Crippen molar-refractivity contribution < 1.29 is 14.3 Å². The van der Waals surface area contributed by atoms with Crippen molar-refractivity contribution in [2.24, 2.45) is 5.10 Å². The number of benzene rings is 2. The van der Waals surface area contributed by atoms with Crippen molar-refractivity contribution in [2.45, 2.75) is 39.7 Å². The van der Waals surface area contributed by atoms with E-state index in [-0.39, 0.29) is 24.5 Å². The summed E-state index contributed by atoms with van der Waals surface area (Å²) in [7, 11) is 0. The number of halogens is 1. The molecule has 2 heterocycles. The number of ether oxygens (including phenoxy) is 1. The highest BCUT2D eigenvalue weighted by molar-refractivity contribution is 6.30. The SMILES string of the molecule is CCCNC(=O)N(CCN1CCOCC1)CC(=O)N1N=C(c2ccc(C)c(C)c2)C[C@@H]1c1ccc(Cl)cc1. The molecule has 0 saturated carbocycles. The van der Waals surface area contributed by atoms with Crippen molar-refractivity contribution in [1.29, 1.82) is 0 Å². The van der Waals surface area contributed by atoms with Gasteiger partial charge in [-0.1, -0.05) is 42.8 Å². The number of morpholine rings is 1. The van der Waals surface area contributed by atoms with Gasteiger partial charge in [-0.15, -0.1) is 0 Å². The molecule has 204 valence electrons. The predicted octanol–water partition coefficient (Wildman–Crippen LogP) is 4.39. The number of hydrogen-bond donors (Lipinski definition) is 1. The normalized spacial score (nSPS) is 17.8. The molecule has 0 unspecified atom stereocenters. The van der Waals surface area contributed by atoms with Gasteiger partial charge in [0.25, 0.3) is 5.91 Å². The highest BCUT2D eigenvalue weighted by Gasteiger charge is 2.34. The van der Waals surface area contributed by atoms with Gasteiger partial charge < -0.3 is 15.0 Å². The summed E-state index contributed by atoms with van der Waals surface area (Å²) in [4.78, 5) is 30.7. The number of nitrogens with one attached hydrogen (secondary N) is 1. The van der Waals surface area contributed by atoms with E-state index in [0.29, 0.717) is 44.3 Å². The van der Waals surface area contributed by atoms with Crippen LogP contribution < -0.4 is 5.32 Å². The molecular formula is C29H38ClN5O3. The van der Waals surface area contributed by atoms with Crippen LogP contribution in [0.2, 0.25) is 5.02 Å². The summed E-state index contributed by atoms with van der Waals surface area (Å²) < 4.78 is 5.44. The second-order valence-corrected chi connectivity index (χ2v) is 10.4. The lowest BCUT2D eigenvalue weighted by Crippen LogP contribution is -2.49. The zero-order chi connectivity index (χ0) is 27.1. The van der Waals surface area contributed by atoms with Gasteiger partial charge in [0, 0.05) is 44.2 Å². The number of hydrazone groups is 1. The van der Waals surface area contributed by atoms with Gasteiger partial charge in [0.1, 0.15) is 6.54 Å². The van der Waals surface area contributed by atoms with E-state index in [1.165, 1.54) is 11.1 Å². The Balaban J connectivity index is 1.56. The van der Waals surface area contributed by atoms with Crippen LogP contribution in [0.5, 0.6) is 0 Å². The fraction of sp³-hybridized carbons (Fsp3) is 0.483. The Labute approximate surface area is 230 Å². The van der Waals surface area contributed by atoms with E-state index in [4.69, 9.17) is 21.4 Å². The topological polar surface area (TPSA) is 77.5 Å². The van der Waals surface area contributed by atoms with E-state index >= 15 is 0 Å². The molecule has 38 heavy (non-hydrogen) atoms. The van der Waals surface area contributed by atoms with E-state index in [9.17, 15) is 9.59 Å². The van der Waals surface area contributed by atoms with Crippen molar-refractivity contribution in [3.8, 4) is 0 Å². The average Bonchev–Trinajstić information content (AvgIpc) is 3.38. The number of aryl methyl sites for hydroxylation is 2. The molecule has 2 aromatic carbocycles. The molecule has 0 aromatic heterocycles. The Kier molecular flexibility index (Phi) is 9.77. The lowest BCUT2D eigenvalue weighted by atomic mass is 9.96. The van der Waals surface area contributed by atoms with Gasteiger partial charge in [-0.3, -0.25) is 9.69 Å². The third-order valence-electron chi connectivity index (χ3n) is 7.19. The van der Waals surface area contributed by atoms with Gasteiger partial charge in [-0.25, -0.2) is 9.80 Å². The second kappa shape index (κ2) is 13.2. The number of hydrogen-bond acceptors (Lipinski definition) is 5. The van der Waals surface area contributed by atoms with Crippen LogP contribution >= 0.6 is 11.6 Å². The van der Waals surface area contributed by atoms with Gasteiger partial charge in [-0.2, -0.15) is 5.10 Å². The Bertz CT molecular complexity index is 1150. The fourth-order valence-corrected chi connectivity index (χ4v) is 4.83. The maximum absolute atomic E-state index is 13.8. The minimum atomic E-state index is -0.267. The molecule has 3 amide bonds. The van der Waals surface area contributed by atoms with Crippen LogP contribution in [-0.2, 0) is 9.53 Å². The van der Waals surface area contributed by atoms with Crippen molar-refractivity contribution in [3.05, 3.63) is 69.7 Å². The summed E-state index contributed by atoms with van der Waals surface area (Å²) in [5.41, 5.74) is 5.22. The van der Waals surface area contributed by atoms with Crippen LogP contribution in [-0.4, -0.2) is 84.9 Å². The van der Waals surface area contributed by atoms with E-state index in [2.05, 4.69) is 42.3 Å². The van der Waals surface area contributed by atoms with Crippen molar-refractivity contribution in [1.82, 2.24) is 20.1 Å². The molecule has 0 aliphatic carbocycles. The number of carbonyl (C=O) groups excluding carboxylic acids is 2.